The zero-order chi connectivity index (χ0) is 19.2. The summed E-state index contributed by atoms with van der Waals surface area (Å²) in [6.07, 6.45) is -4.47. The maximum absolute atomic E-state index is 12.5. The van der Waals surface area contributed by atoms with E-state index in [-0.39, 0.29) is 23.8 Å². The molecule has 0 bridgehead atoms. The van der Waals surface area contributed by atoms with Crippen LogP contribution < -0.4 is 15.4 Å². The van der Waals surface area contributed by atoms with E-state index in [9.17, 15) is 22.0 Å². The van der Waals surface area contributed by atoms with Crippen molar-refractivity contribution in [2.75, 3.05) is 7.05 Å². The van der Waals surface area contributed by atoms with Crippen LogP contribution in [0.25, 0.3) is 0 Å². The van der Waals surface area contributed by atoms with Crippen LogP contribution in [0.5, 0.6) is 5.75 Å². The van der Waals surface area contributed by atoms with Crippen LogP contribution in [0, 0.1) is 0 Å². The summed E-state index contributed by atoms with van der Waals surface area (Å²) in [5.41, 5.74) is -0.266. The molecule has 0 amide bonds. The van der Waals surface area contributed by atoms with Gasteiger partial charge in [0.2, 0.25) is 0 Å². The zero-order valence-electron chi connectivity index (χ0n) is 13.5. The fourth-order valence-corrected chi connectivity index (χ4v) is 2.66. The molecule has 0 saturated heterocycles. The number of aromatic nitrogens is 1. The molecule has 1 aromatic carbocycles. The highest BCUT2D eigenvalue weighted by Crippen LogP contribution is 2.29. The molecule has 5 nitrogen and oxygen atoms in total. The summed E-state index contributed by atoms with van der Waals surface area (Å²) < 4.78 is 66.3. The van der Waals surface area contributed by atoms with Crippen LogP contribution in [0.15, 0.2) is 34.6 Å². The van der Waals surface area contributed by atoms with Crippen LogP contribution in [0.2, 0.25) is 0 Å². The second kappa shape index (κ2) is 8.79. The normalized spacial score (nSPS) is 12.3. The van der Waals surface area contributed by atoms with Gasteiger partial charge in [-0.25, -0.2) is 4.98 Å². The van der Waals surface area contributed by atoms with Gasteiger partial charge in [-0.2, -0.15) is 22.0 Å². The predicted octanol–water partition coefficient (Wildman–Crippen LogP) is 3.63. The lowest BCUT2D eigenvalue weighted by Gasteiger charge is -2.12. The third-order valence-corrected chi connectivity index (χ3v) is 3.91. The van der Waals surface area contributed by atoms with Gasteiger partial charge in [0, 0.05) is 19.0 Å². The highest BCUT2D eigenvalue weighted by molar-refractivity contribution is 7.09. The average Bonchev–Trinajstić information content (AvgIpc) is 3.04. The lowest BCUT2D eigenvalue weighted by molar-refractivity contribution is -0.140. The van der Waals surface area contributed by atoms with Crippen molar-refractivity contribution in [3.63, 3.8) is 0 Å². The molecule has 1 heterocycles. The largest absolute Gasteiger partial charge is 0.435 e. The number of benzene rings is 1. The minimum atomic E-state index is -4.47. The van der Waals surface area contributed by atoms with E-state index in [1.807, 2.05) is 0 Å². The van der Waals surface area contributed by atoms with Crippen LogP contribution >= 0.6 is 11.3 Å². The van der Waals surface area contributed by atoms with Crippen molar-refractivity contribution in [3.8, 4) is 5.75 Å². The van der Waals surface area contributed by atoms with Crippen molar-refractivity contribution in [3.05, 3.63) is 45.9 Å². The molecule has 0 saturated carbocycles. The molecule has 0 atom stereocenters. The molecular weight excluding hydrogens is 379 g/mol. The molecule has 0 aliphatic carbocycles. The van der Waals surface area contributed by atoms with Gasteiger partial charge in [0.25, 0.3) is 0 Å². The number of aliphatic imine (C=N–C) groups is 1. The van der Waals surface area contributed by atoms with Gasteiger partial charge < -0.3 is 15.4 Å². The number of ether oxygens (including phenoxy) is 1. The van der Waals surface area contributed by atoms with Crippen LogP contribution in [0.4, 0.5) is 22.0 Å². The Hall–Kier alpha value is -2.43. The fourth-order valence-electron chi connectivity index (χ4n) is 1.92. The Kier molecular flexibility index (Phi) is 6.72. The lowest BCUT2D eigenvalue weighted by atomic mass is 10.2. The summed E-state index contributed by atoms with van der Waals surface area (Å²) in [5.74, 6) is 0.360. The third kappa shape index (κ3) is 6.14. The quantitative estimate of drug-likeness (QED) is 0.446. The molecule has 142 valence electrons. The Bertz CT molecular complexity index is 748. The molecule has 0 fully saturated rings. The Morgan fingerprint density at radius 2 is 2.00 bits per heavy atom. The van der Waals surface area contributed by atoms with Crippen molar-refractivity contribution >= 4 is 17.3 Å². The molecule has 11 heteroatoms. The van der Waals surface area contributed by atoms with Gasteiger partial charge in [0.1, 0.15) is 10.8 Å². The molecule has 0 radical (unpaired) electrons. The fraction of sp³-hybridized carbons (Fsp3) is 0.333. The number of rotatable bonds is 6. The van der Waals surface area contributed by atoms with Gasteiger partial charge in [0.05, 0.1) is 6.54 Å². The van der Waals surface area contributed by atoms with Crippen molar-refractivity contribution in [1.82, 2.24) is 15.6 Å². The molecule has 2 N–H and O–H groups in total. The highest BCUT2D eigenvalue weighted by Gasteiger charge is 2.33. The van der Waals surface area contributed by atoms with Crippen LogP contribution in [0.1, 0.15) is 16.3 Å². The molecule has 0 aliphatic rings. The number of nitrogens with zero attached hydrogens (tertiary/aromatic N) is 2. The first kappa shape index (κ1) is 19.9. The van der Waals surface area contributed by atoms with Gasteiger partial charge >= 0.3 is 12.8 Å². The second-order valence-corrected chi connectivity index (χ2v) is 5.87. The maximum Gasteiger partial charge on any atom is 0.434 e. The standard InChI is InChI=1S/C15H15F5N4OS/c1-21-14(23-7-12-24-11(8-26-12)15(18,19)20)22-6-9-3-2-4-10(5-9)25-13(16)17/h2-5,8,13H,6-7H2,1H3,(H2,21,22,23). The monoisotopic (exact) mass is 394 g/mol. The van der Waals surface area contributed by atoms with E-state index in [1.54, 1.807) is 12.1 Å². The number of halogens is 5. The molecule has 0 unspecified atom stereocenters. The molecule has 2 rings (SSSR count). The minimum absolute atomic E-state index is 0.0321. The number of nitrogens with one attached hydrogen (secondary N) is 2. The summed E-state index contributed by atoms with van der Waals surface area (Å²) >= 11 is 0.887. The molecule has 1 aromatic heterocycles. The second-order valence-electron chi connectivity index (χ2n) is 4.93. The van der Waals surface area contributed by atoms with Gasteiger partial charge in [-0.05, 0) is 17.7 Å². The Labute approximate surface area is 149 Å². The summed E-state index contributed by atoms with van der Waals surface area (Å²) in [4.78, 5) is 7.45. The van der Waals surface area contributed by atoms with Gasteiger partial charge in [-0.3, -0.25) is 4.99 Å². The Balaban J connectivity index is 1.87. The number of hydrogen-bond donors (Lipinski definition) is 2. The topological polar surface area (TPSA) is 58.5 Å². The lowest BCUT2D eigenvalue weighted by Crippen LogP contribution is -2.36. The molecule has 0 aliphatic heterocycles. The summed E-state index contributed by atoms with van der Waals surface area (Å²) in [5, 5.41) is 6.96. The maximum atomic E-state index is 12.5. The molecule has 0 spiro atoms. The number of guanidine groups is 1. The SMILES string of the molecule is CN=C(NCc1cccc(OC(F)F)c1)NCc1nc(C(F)(F)F)cs1. The van der Waals surface area contributed by atoms with Crippen LogP contribution in [0.3, 0.4) is 0 Å². The van der Waals surface area contributed by atoms with E-state index in [2.05, 4.69) is 25.3 Å². The van der Waals surface area contributed by atoms with E-state index in [0.717, 1.165) is 16.7 Å². The van der Waals surface area contributed by atoms with E-state index in [1.165, 1.54) is 19.2 Å². The smallest absolute Gasteiger partial charge is 0.434 e. The summed E-state index contributed by atoms with van der Waals surface area (Å²) in [6.45, 7) is -2.59. The summed E-state index contributed by atoms with van der Waals surface area (Å²) in [7, 11) is 1.49. The first-order valence-corrected chi connectivity index (χ1v) is 8.15. The zero-order valence-corrected chi connectivity index (χ0v) is 14.3. The third-order valence-electron chi connectivity index (χ3n) is 3.06. The van der Waals surface area contributed by atoms with E-state index < -0.39 is 18.5 Å². The van der Waals surface area contributed by atoms with Gasteiger partial charge in [0.15, 0.2) is 11.7 Å². The number of thiazole rings is 1. The van der Waals surface area contributed by atoms with E-state index >= 15 is 0 Å². The predicted molar refractivity (Wildman–Crippen MR) is 87.2 cm³/mol. The number of hydrogen-bond acceptors (Lipinski definition) is 4. The molecule has 26 heavy (non-hydrogen) atoms. The van der Waals surface area contributed by atoms with E-state index in [4.69, 9.17) is 0 Å². The first-order chi connectivity index (χ1) is 12.3. The Morgan fingerprint density at radius 1 is 1.27 bits per heavy atom. The van der Waals surface area contributed by atoms with Crippen LogP contribution in [-0.2, 0) is 19.3 Å². The van der Waals surface area contributed by atoms with Crippen molar-refractivity contribution in [2.45, 2.75) is 25.9 Å². The van der Waals surface area contributed by atoms with E-state index in [0.29, 0.717) is 11.5 Å². The Morgan fingerprint density at radius 3 is 2.62 bits per heavy atom. The minimum Gasteiger partial charge on any atom is -0.435 e. The van der Waals surface area contributed by atoms with Crippen molar-refractivity contribution in [1.29, 1.82) is 0 Å². The molecular formula is C15H15F5N4OS. The summed E-state index contributed by atoms with van der Waals surface area (Å²) in [6, 6.07) is 6.13. The van der Waals surface area contributed by atoms with Crippen molar-refractivity contribution in [2.24, 2.45) is 4.99 Å². The van der Waals surface area contributed by atoms with Gasteiger partial charge in [-0.15, -0.1) is 11.3 Å². The average molecular weight is 394 g/mol. The first-order valence-electron chi connectivity index (χ1n) is 7.28. The highest BCUT2D eigenvalue weighted by atomic mass is 32.1. The molecule has 2 aromatic rings. The van der Waals surface area contributed by atoms with Gasteiger partial charge in [-0.1, -0.05) is 12.1 Å². The van der Waals surface area contributed by atoms with Crippen molar-refractivity contribution < 1.29 is 26.7 Å². The van der Waals surface area contributed by atoms with Crippen LogP contribution in [-0.4, -0.2) is 24.6 Å². The number of alkyl halides is 5.